The number of carbonyl (C=O) groups excluding carboxylic acids is 4. The highest BCUT2D eigenvalue weighted by Gasteiger charge is 2.28. The van der Waals surface area contributed by atoms with E-state index in [0.29, 0.717) is 5.69 Å². The van der Waals surface area contributed by atoms with Crippen molar-refractivity contribution >= 4 is 46.0 Å². The molecule has 30 heavy (non-hydrogen) atoms. The van der Waals surface area contributed by atoms with E-state index in [1.54, 1.807) is 6.92 Å². The molecule has 0 fully saturated rings. The number of amides is 1. The largest absolute Gasteiger partial charge is 0.465 e. The molecule has 3 N–H and O–H groups in total. The van der Waals surface area contributed by atoms with Gasteiger partial charge in [-0.1, -0.05) is 0 Å². The van der Waals surface area contributed by atoms with Gasteiger partial charge in [-0.15, -0.1) is 11.3 Å². The number of anilines is 2. The second-order valence-electron chi connectivity index (χ2n) is 5.63. The van der Waals surface area contributed by atoms with Crippen LogP contribution >= 0.6 is 11.3 Å². The molecule has 11 heteroatoms. The van der Waals surface area contributed by atoms with Gasteiger partial charge in [-0.2, -0.15) is 0 Å². The van der Waals surface area contributed by atoms with Crippen LogP contribution in [0.15, 0.2) is 24.3 Å². The summed E-state index contributed by atoms with van der Waals surface area (Å²) in [5.74, 6) is -2.20. The van der Waals surface area contributed by atoms with E-state index in [2.05, 4.69) is 10.1 Å². The summed E-state index contributed by atoms with van der Waals surface area (Å²) in [6.45, 7) is 1.51. The Kier molecular flexibility index (Phi) is 7.76. The SMILES string of the molecule is CCOC(=O)Nc1ccc(C(=O)OCc2c(C(=O)OC)sc(N)c2C(=O)OC)cc1. The predicted octanol–water partition coefficient (Wildman–Crippen LogP) is 2.83. The molecule has 1 heterocycles. The van der Waals surface area contributed by atoms with E-state index in [1.807, 2.05) is 0 Å². The molecule has 0 aliphatic rings. The molecule has 0 aliphatic heterocycles. The smallest absolute Gasteiger partial charge is 0.411 e. The zero-order valence-electron chi connectivity index (χ0n) is 16.5. The number of methoxy groups -OCH3 is 2. The first-order chi connectivity index (χ1) is 14.3. The topological polar surface area (TPSA) is 143 Å². The van der Waals surface area contributed by atoms with Crippen molar-refractivity contribution < 1.29 is 38.1 Å². The number of hydrogen-bond acceptors (Lipinski definition) is 10. The van der Waals surface area contributed by atoms with E-state index in [1.165, 1.54) is 38.5 Å². The lowest BCUT2D eigenvalue weighted by molar-refractivity contribution is 0.0452. The Labute approximate surface area is 175 Å². The van der Waals surface area contributed by atoms with E-state index in [4.69, 9.17) is 19.9 Å². The van der Waals surface area contributed by atoms with Gasteiger partial charge in [0.2, 0.25) is 0 Å². The first-order valence-corrected chi connectivity index (χ1v) is 9.42. The van der Waals surface area contributed by atoms with Crippen LogP contribution in [0.2, 0.25) is 0 Å². The minimum absolute atomic E-state index is 0.0391. The average Bonchev–Trinajstić information content (AvgIpc) is 3.07. The summed E-state index contributed by atoms with van der Waals surface area (Å²) in [6.07, 6.45) is -0.617. The van der Waals surface area contributed by atoms with E-state index in [0.717, 1.165) is 11.3 Å². The maximum absolute atomic E-state index is 12.4. The first-order valence-electron chi connectivity index (χ1n) is 8.61. The Morgan fingerprint density at radius 3 is 2.17 bits per heavy atom. The molecule has 1 aromatic carbocycles. The van der Waals surface area contributed by atoms with Gasteiger partial charge in [-0.05, 0) is 31.2 Å². The van der Waals surface area contributed by atoms with Crippen LogP contribution in [0.1, 0.15) is 42.9 Å². The van der Waals surface area contributed by atoms with Crippen LogP contribution in [-0.2, 0) is 25.6 Å². The van der Waals surface area contributed by atoms with Crippen molar-refractivity contribution in [3.63, 3.8) is 0 Å². The van der Waals surface area contributed by atoms with Crippen LogP contribution in [0.4, 0.5) is 15.5 Å². The van der Waals surface area contributed by atoms with Crippen LogP contribution in [0.3, 0.4) is 0 Å². The molecule has 1 amide bonds. The molecule has 0 atom stereocenters. The second kappa shape index (κ2) is 10.3. The maximum Gasteiger partial charge on any atom is 0.411 e. The van der Waals surface area contributed by atoms with Crippen LogP contribution in [0.25, 0.3) is 0 Å². The van der Waals surface area contributed by atoms with Crippen LogP contribution in [-0.4, -0.2) is 44.8 Å². The molecule has 10 nitrogen and oxygen atoms in total. The fraction of sp³-hybridized carbons (Fsp3) is 0.263. The maximum atomic E-state index is 12.4. The minimum atomic E-state index is -0.764. The van der Waals surface area contributed by atoms with Gasteiger partial charge in [-0.25, -0.2) is 19.2 Å². The van der Waals surface area contributed by atoms with E-state index < -0.39 is 30.6 Å². The van der Waals surface area contributed by atoms with Gasteiger partial charge in [-0.3, -0.25) is 5.32 Å². The van der Waals surface area contributed by atoms with Crippen molar-refractivity contribution in [3.05, 3.63) is 45.8 Å². The van der Waals surface area contributed by atoms with Crippen molar-refractivity contribution in [1.82, 2.24) is 0 Å². The molecule has 0 saturated carbocycles. The number of nitrogens with one attached hydrogen (secondary N) is 1. The minimum Gasteiger partial charge on any atom is -0.465 e. The highest BCUT2D eigenvalue weighted by atomic mass is 32.1. The molecule has 0 radical (unpaired) electrons. The van der Waals surface area contributed by atoms with Crippen molar-refractivity contribution in [2.45, 2.75) is 13.5 Å². The Balaban J connectivity index is 2.16. The van der Waals surface area contributed by atoms with Gasteiger partial charge >= 0.3 is 24.0 Å². The summed E-state index contributed by atoms with van der Waals surface area (Å²) >= 11 is 0.835. The summed E-state index contributed by atoms with van der Waals surface area (Å²) in [5.41, 5.74) is 6.50. The summed E-state index contributed by atoms with van der Waals surface area (Å²) in [4.78, 5) is 47.8. The number of hydrogen-bond donors (Lipinski definition) is 2. The zero-order chi connectivity index (χ0) is 22.3. The number of benzene rings is 1. The molecule has 160 valence electrons. The number of esters is 3. The van der Waals surface area contributed by atoms with Gasteiger partial charge in [0.15, 0.2) is 0 Å². The third-order valence-corrected chi connectivity index (χ3v) is 4.83. The third kappa shape index (κ3) is 5.26. The fourth-order valence-electron chi connectivity index (χ4n) is 2.40. The molecular weight excluding hydrogens is 416 g/mol. The van der Waals surface area contributed by atoms with Gasteiger partial charge in [0, 0.05) is 11.3 Å². The highest BCUT2D eigenvalue weighted by Crippen LogP contribution is 2.33. The Morgan fingerprint density at radius 1 is 0.967 bits per heavy atom. The van der Waals surface area contributed by atoms with Crippen molar-refractivity contribution in [2.75, 3.05) is 31.9 Å². The molecule has 2 aromatic rings. The Morgan fingerprint density at radius 2 is 1.60 bits per heavy atom. The standard InChI is InChI=1S/C19H20N2O8S/c1-4-28-19(25)21-11-7-5-10(6-8-11)16(22)29-9-12-13(17(23)26-2)15(20)30-14(12)18(24)27-3/h5-8H,4,9,20H2,1-3H3,(H,21,25). The molecular formula is C19H20N2O8S. The fourth-order valence-corrected chi connectivity index (χ4v) is 3.38. The van der Waals surface area contributed by atoms with Crippen molar-refractivity contribution in [1.29, 1.82) is 0 Å². The predicted molar refractivity (Wildman–Crippen MR) is 108 cm³/mol. The van der Waals surface area contributed by atoms with Gasteiger partial charge in [0.1, 0.15) is 22.0 Å². The number of thiophene rings is 1. The Hall–Kier alpha value is -3.60. The lowest BCUT2D eigenvalue weighted by atomic mass is 10.1. The zero-order valence-corrected chi connectivity index (χ0v) is 17.3. The third-order valence-electron chi connectivity index (χ3n) is 3.78. The molecule has 0 aliphatic carbocycles. The first kappa shape index (κ1) is 22.7. The Bertz CT molecular complexity index is 952. The number of carbonyl (C=O) groups is 4. The van der Waals surface area contributed by atoms with E-state index in [-0.39, 0.29) is 33.2 Å². The molecule has 0 unspecified atom stereocenters. The summed E-state index contributed by atoms with van der Waals surface area (Å²) in [5, 5.41) is 2.54. The molecule has 0 spiro atoms. The van der Waals surface area contributed by atoms with Gasteiger partial charge in [0.05, 0.1) is 26.4 Å². The van der Waals surface area contributed by atoms with Crippen molar-refractivity contribution in [2.24, 2.45) is 0 Å². The normalized spacial score (nSPS) is 10.1. The molecule has 2 rings (SSSR count). The van der Waals surface area contributed by atoms with Crippen LogP contribution in [0, 0.1) is 0 Å². The van der Waals surface area contributed by atoms with E-state index >= 15 is 0 Å². The van der Waals surface area contributed by atoms with Crippen LogP contribution in [0.5, 0.6) is 0 Å². The van der Waals surface area contributed by atoms with Gasteiger partial charge in [0.25, 0.3) is 0 Å². The molecule has 0 saturated heterocycles. The molecule has 1 aromatic heterocycles. The molecule has 0 bridgehead atoms. The monoisotopic (exact) mass is 436 g/mol. The number of rotatable bonds is 7. The van der Waals surface area contributed by atoms with Gasteiger partial charge < -0.3 is 24.7 Å². The number of ether oxygens (including phenoxy) is 4. The van der Waals surface area contributed by atoms with E-state index in [9.17, 15) is 19.2 Å². The highest BCUT2D eigenvalue weighted by molar-refractivity contribution is 7.18. The number of nitrogens with two attached hydrogens (primary N) is 1. The van der Waals surface area contributed by atoms with Crippen molar-refractivity contribution in [3.8, 4) is 0 Å². The second-order valence-corrected chi connectivity index (χ2v) is 6.68. The average molecular weight is 436 g/mol. The summed E-state index contributed by atoms with van der Waals surface area (Å²) < 4.78 is 19.4. The lowest BCUT2D eigenvalue weighted by Gasteiger charge is -2.09. The quantitative estimate of drug-likeness (QED) is 0.494. The summed E-state index contributed by atoms with van der Waals surface area (Å²) in [6, 6.07) is 5.87. The van der Waals surface area contributed by atoms with Crippen LogP contribution < -0.4 is 11.1 Å². The number of nitrogen functional groups attached to an aromatic ring is 1. The lowest BCUT2D eigenvalue weighted by Crippen LogP contribution is -2.14. The summed E-state index contributed by atoms with van der Waals surface area (Å²) in [7, 11) is 2.34.